The van der Waals surface area contributed by atoms with Crippen LogP contribution in [0.1, 0.15) is 35.4 Å². The zero-order chi connectivity index (χ0) is 19.7. The van der Waals surface area contributed by atoms with Gasteiger partial charge in [0.1, 0.15) is 5.82 Å². The number of nitrogens with one attached hydrogen (secondary N) is 1. The standard InChI is InChI=1S/C20H19FN6O/c1-3-17(18-11-26(2)12-23-18)25-20(28)16-8-22-10-19-15(16)9-24-27(19)14-6-4-13(21)5-7-14/h4-12,17H,3H2,1-2H3,(H,25,28). The van der Waals surface area contributed by atoms with E-state index in [1.54, 1.807) is 35.5 Å². The number of benzene rings is 1. The summed E-state index contributed by atoms with van der Waals surface area (Å²) in [6.45, 7) is 1.99. The number of carbonyl (C=O) groups excluding carboxylic acids is 1. The molecule has 0 saturated carbocycles. The maximum absolute atomic E-state index is 13.2. The maximum atomic E-state index is 13.2. The van der Waals surface area contributed by atoms with Crippen molar-refractivity contribution in [3.63, 3.8) is 0 Å². The third kappa shape index (κ3) is 3.24. The number of aromatic nitrogens is 5. The Labute approximate surface area is 160 Å². The third-order valence-corrected chi connectivity index (χ3v) is 4.61. The predicted molar refractivity (Wildman–Crippen MR) is 103 cm³/mol. The summed E-state index contributed by atoms with van der Waals surface area (Å²) in [6, 6.07) is 5.79. The summed E-state index contributed by atoms with van der Waals surface area (Å²) in [6.07, 6.45) is 9.09. The topological polar surface area (TPSA) is 77.6 Å². The van der Waals surface area contributed by atoms with Crippen molar-refractivity contribution in [1.82, 2.24) is 29.6 Å². The second kappa shape index (κ2) is 7.22. The molecule has 4 aromatic rings. The first-order valence-corrected chi connectivity index (χ1v) is 8.93. The number of nitrogens with zero attached hydrogens (tertiary/aromatic N) is 5. The van der Waals surface area contributed by atoms with Gasteiger partial charge in [0.15, 0.2) is 0 Å². The lowest BCUT2D eigenvalue weighted by Crippen LogP contribution is -2.28. The minimum absolute atomic E-state index is 0.198. The fourth-order valence-corrected chi connectivity index (χ4v) is 3.14. The fraction of sp³-hybridized carbons (Fsp3) is 0.200. The molecule has 0 bridgehead atoms. The second-order valence-corrected chi connectivity index (χ2v) is 6.55. The van der Waals surface area contributed by atoms with Crippen molar-refractivity contribution in [2.24, 2.45) is 7.05 Å². The smallest absolute Gasteiger partial charge is 0.254 e. The minimum Gasteiger partial charge on any atom is -0.344 e. The lowest BCUT2D eigenvalue weighted by molar-refractivity contribution is 0.0936. The van der Waals surface area contributed by atoms with Gasteiger partial charge in [-0.15, -0.1) is 0 Å². The van der Waals surface area contributed by atoms with Crippen molar-refractivity contribution >= 4 is 16.8 Å². The van der Waals surface area contributed by atoms with Crippen LogP contribution in [0.5, 0.6) is 0 Å². The SMILES string of the molecule is CCC(NC(=O)c1cncc2c1cnn2-c1ccc(F)cc1)c1cn(C)cn1. The molecule has 142 valence electrons. The van der Waals surface area contributed by atoms with E-state index >= 15 is 0 Å². The van der Waals surface area contributed by atoms with E-state index in [0.29, 0.717) is 28.6 Å². The molecule has 28 heavy (non-hydrogen) atoms. The Morgan fingerprint density at radius 3 is 2.68 bits per heavy atom. The molecule has 4 rings (SSSR count). The van der Waals surface area contributed by atoms with Gasteiger partial charge in [-0.05, 0) is 30.7 Å². The summed E-state index contributed by atoms with van der Waals surface area (Å²) >= 11 is 0. The lowest BCUT2D eigenvalue weighted by atomic mass is 10.1. The number of hydrogen-bond donors (Lipinski definition) is 1. The van der Waals surface area contributed by atoms with E-state index in [9.17, 15) is 9.18 Å². The van der Waals surface area contributed by atoms with Crippen LogP contribution in [0.2, 0.25) is 0 Å². The summed E-state index contributed by atoms with van der Waals surface area (Å²) in [5.41, 5.74) is 2.60. The molecule has 7 nitrogen and oxygen atoms in total. The number of aryl methyl sites for hydroxylation is 1. The van der Waals surface area contributed by atoms with Crippen LogP contribution in [-0.2, 0) is 7.05 Å². The molecule has 8 heteroatoms. The average Bonchev–Trinajstić information content (AvgIpc) is 3.32. The molecule has 0 aliphatic carbocycles. The first-order valence-electron chi connectivity index (χ1n) is 8.93. The van der Waals surface area contributed by atoms with Gasteiger partial charge in [-0.25, -0.2) is 14.1 Å². The highest BCUT2D eigenvalue weighted by molar-refractivity contribution is 6.06. The molecular formula is C20H19FN6O. The van der Waals surface area contributed by atoms with Gasteiger partial charge >= 0.3 is 0 Å². The van der Waals surface area contributed by atoms with Crippen LogP contribution in [0.4, 0.5) is 4.39 Å². The normalized spacial score (nSPS) is 12.2. The first-order chi connectivity index (χ1) is 13.6. The van der Waals surface area contributed by atoms with Crippen molar-refractivity contribution in [1.29, 1.82) is 0 Å². The Balaban J connectivity index is 1.67. The molecular weight excluding hydrogens is 359 g/mol. The average molecular weight is 378 g/mol. The van der Waals surface area contributed by atoms with Crippen LogP contribution in [-0.4, -0.2) is 30.2 Å². The lowest BCUT2D eigenvalue weighted by Gasteiger charge is -2.15. The molecule has 1 unspecified atom stereocenters. The van der Waals surface area contributed by atoms with E-state index in [1.165, 1.54) is 18.3 Å². The molecule has 1 aromatic carbocycles. The fourth-order valence-electron chi connectivity index (χ4n) is 3.14. The molecule has 1 amide bonds. The van der Waals surface area contributed by atoms with Gasteiger partial charge in [0.25, 0.3) is 5.91 Å². The second-order valence-electron chi connectivity index (χ2n) is 6.55. The number of hydrogen-bond acceptors (Lipinski definition) is 4. The molecule has 0 fully saturated rings. The van der Waals surface area contributed by atoms with Crippen LogP contribution >= 0.6 is 0 Å². The molecule has 0 spiro atoms. The van der Waals surface area contributed by atoms with Crippen molar-refractivity contribution in [3.05, 3.63) is 72.5 Å². The van der Waals surface area contributed by atoms with Gasteiger partial charge in [-0.2, -0.15) is 5.10 Å². The summed E-state index contributed by atoms with van der Waals surface area (Å²) in [7, 11) is 1.89. The number of rotatable bonds is 5. The van der Waals surface area contributed by atoms with Crippen LogP contribution in [0.15, 0.2) is 55.4 Å². The number of amides is 1. The summed E-state index contributed by atoms with van der Waals surface area (Å²) in [5.74, 6) is -0.562. The van der Waals surface area contributed by atoms with Crippen molar-refractivity contribution in [3.8, 4) is 5.69 Å². The number of fused-ring (bicyclic) bond motifs is 1. The van der Waals surface area contributed by atoms with Gasteiger partial charge in [0, 0.05) is 24.8 Å². The number of imidazole rings is 1. The highest BCUT2D eigenvalue weighted by atomic mass is 19.1. The highest BCUT2D eigenvalue weighted by Crippen LogP contribution is 2.22. The van der Waals surface area contributed by atoms with Crippen LogP contribution in [0, 0.1) is 5.82 Å². The summed E-state index contributed by atoms with van der Waals surface area (Å²) in [5, 5.41) is 8.05. The molecule has 1 N–H and O–H groups in total. The Bertz CT molecular complexity index is 1130. The summed E-state index contributed by atoms with van der Waals surface area (Å²) in [4.78, 5) is 21.5. The van der Waals surface area contributed by atoms with E-state index in [0.717, 1.165) is 5.69 Å². The molecule has 0 saturated heterocycles. The van der Waals surface area contributed by atoms with Crippen molar-refractivity contribution < 1.29 is 9.18 Å². The molecule has 3 aromatic heterocycles. The highest BCUT2D eigenvalue weighted by Gasteiger charge is 2.19. The van der Waals surface area contributed by atoms with Gasteiger partial charge in [0.2, 0.25) is 0 Å². The molecule has 0 aliphatic rings. The number of carbonyl (C=O) groups is 1. The zero-order valence-electron chi connectivity index (χ0n) is 15.5. The van der Waals surface area contributed by atoms with Crippen LogP contribution in [0.25, 0.3) is 16.6 Å². The van der Waals surface area contributed by atoms with Gasteiger partial charge in [0.05, 0.1) is 47.2 Å². The largest absolute Gasteiger partial charge is 0.344 e. The minimum atomic E-state index is -0.321. The van der Waals surface area contributed by atoms with Crippen LogP contribution < -0.4 is 5.32 Å². The molecule has 0 radical (unpaired) electrons. The summed E-state index contributed by atoms with van der Waals surface area (Å²) < 4.78 is 16.7. The monoisotopic (exact) mass is 378 g/mol. The Morgan fingerprint density at radius 2 is 2.00 bits per heavy atom. The predicted octanol–water partition coefficient (Wildman–Crippen LogP) is 3.17. The number of halogens is 1. The van der Waals surface area contributed by atoms with Crippen LogP contribution in [0.3, 0.4) is 0 Å². The third-order valence-electron chi connectivity index (χ3n) is 4.61. The van der Waals surface area contributed by atoms with E-state index in [4.69, 9.17) is 0 Å². The van der Waals surface area contributed by atoms with Gasteiger partial charge < -0.3 is 9.88 Å². The maximum Gasteiger partial charge on any atom is 0.254 e. The van der Waals surface area contributed by atoms with E-state index in [2.05, 4.69) is 20.4 Å². The van der Waals surface area contributed by atoms with E-state index in [1.807, 2.05) is 24.7 Å². The quantitative estimate of drug-likeness (QED) is 0.579. The van der Waals surface area contributed by atoms with Crippen molar-refractivity contribution in [2.75, 3.05) is 0 Å². The first kappa shape index (κ1) is 17.8. The Morgan fingerprint density at radius 1 is 1.21 bits per heavy atom. The van der Waals surface area contributed by atoms with Gasteiger partial charge in [-0.3, -0.25) is 9.78 Å². The molecule has 1 atom stereocenters. The molecule has 3 heterocycles. The molecule has 0 aliphatic heterocycles. The number of pyridine rings is 1. The Kier molecular flexibility index (Phi) is 4.60. The van der Waals surface area contributed by atoms with E-state index < -0.39 is 0 Å². The zero-order valence-corrected chi connectivity index (χ0v) is 15.5. The van der Waals surface area contributed by atoms with Gasteiger partial charge in [-0.1, -0.05) is 6.92 Å². The Hall–Kier alpha value is -3.55. The van der Waals surface area contributed by atoms with Crippen molar-refractivity contribution in [2.45, 2.75) is 19.4 Å². The van der Waals surface area contributed by atoms with E-state index in [-0.39, 0.29) is 17.8 Å².